The van der Waals surface area contributed by atoms with Crippen LogP contribution in [0.3, 0.4) is 0 Å². The number of pyridine rings is 3. The minimum Gasteiger partial charge on any atom is -0.486 e. The number of fused-ring (bicyclic) bond motifs is 3. The van der Waals surface area contributed by atoms with Gasteiger partial charge in [0.25, 0.3) is 11.5 Å². The second-order valence-electron chi connectivity index (χ2n) is 11.7. The van der Waals surface area contributed by atoms with Crippen LogP contribution in [0.1, 0.15) is 40.2 Å². The molecule has 222 valence electrons. The molecule has 1 amide bonds. The summed E-state index contributed by atoms with van der Waals surface area (Å²) < 4.78 is 9.58. The number of carbonyl (C=O) groups excluding carboxylic acids is 1. The number of hydrogen-bond donors (Lipinski definition) is 2. The largest absolute Gasteiger partial charge is 0.486 e. The molecule has 0 saturated carbocycles. The topological polar surface area (TPSA) is 118 Å². The lowest BCUT2D eigenvalue weighted by Crippen LogP contribution is -2.51. The van der Waals surface area contributed by atoms with Crippen LogP contribution in [-0.2, 0) is 33.0 Å². The third kappa shape index (κ3) is 4.98. The predicted molar refractivity (Wildman–Crippen MR) is 163 cm³/mol. The third-order valence-electron chi connectivity index (χ3n) is 8.69. The number of aliphatic hydroxyl groups excluding tert-OH is 1. The normalized spacial score (nSPS) is 16.9. The molecular weight excluding hydrogens is 546 g/mol. The Morgan fingerprint density at radius 2 is 1.88 bits per heavy atom. The molecule has 6 heterocycles. The van der Waals surface area contributed by atoms with Crippen LogP contribution in [0.25, 0.3) is 11.1 Å². The number of amides is 1. The van der Waals surface area contributed by atoms with Gasteiger partial charge in [0.1, 0.15) is 34.9 Å². The zero-order valence-corrected chi connectivity index (χ0v) is 24.4. The number of nitrogens with one attached hydrogen (secondary N) is 1. The van der Waals surface area contributed by atoms with E-state index in [2.05, 4.69) is 24.8 Å². The molecule has 0 aromatic carbocycles. The zero-order valence-electron chi connectivity index (χ0n) is 24.4. The molecule has 0 bridgehead atoms. The number of aromatic nitrogens is 4. The molecule has 7 rings (SSSR count). The molecule has 1 saturated heterocycles. The van der Waals surface area contributed by atoms with Crippen molar-refractivity contribution >= 4 is 23.2 Å². The van der Waals surface area contributed by atoms with Crippen molar-refractivity contribution in [2.45, 2.75) is 44.9 Å². The van der Waals surface area contributed by atoms with Crippen LogP contribution in [0, 0.1) is 0 Å². The van der Waals surface area contributed by atoms with Gasteiger partial charge in [0.05, 0.1) is 12.8 Å². The maximum atomic E-state index is 13.7. The summed E-state index contributed by atoms with van der Waals surface area (Å²) in [7, 11) is 3.73. The van der Waals surface area contributed by atoms with Gasteiger partial charge in [-0.05, 0) is 74.2 Å². The van der Waals surface area contributed by atoms with Gasteiger partial charge in [0, 0.05) is 62.4 Å². The van der Waals surface area contributed by atoms with E-state index in [1.165, 1.54) is 15.8 Å². The minimum absolute atomic E-state index is 0.106. The van der Waals surface area contributed by atoms with E-state index >= 15 is 0 Å². The van der Waals surface area contributed by atoms with E-state index in [0.29, 0.717) is 58.5 Å². The number of aliphatic hydroxyl groups is 1. The fourth-order valence-electron chi connectivity index (χ4n) is 6.50. The Morgan fingerprint density at radius 1 is 1.05 bits per heavy atom. The second-order valence-corrected chi connectivity index (χ2v) is 11.7. The van der Waals surface area contributed by atoms with Crippen LogP contribution < -0.4 is 20.5 Å². The summed E-state index contributed by atoms with van der Waals surface area (Å²) in [4.78, 5) is 39.7. The van der Waals surface area contributed by atoms with Gasteiger partial charge in [-0.3, -0.25) is 19.4 Å². The number of rotatable bonds is 7. The minimum atomic E-state index is -0.314. The highest BCUT2D eigenvalue weighted by Gasteiger charge is 2.32. The first-order valence-electron chi connectivity index (χ1n) is 14.8. The van der Waals surface area contributed by atoms with Crippen LogP contribution in [0.4, 0.5) is 17.3 Å². The summed E-state index contributed by atoms with van der Waals surface area (Å²) in [6, 6.07) is 9.20. The van der Waals surface area contributed by atoms with Crippen molar-refractivity contribution in [3.8, 4) is 16.9 Å². The number of hydrogen-bond acceptors (Lipinski definition) is 8. The van der Waals surface area contributed by atoms with E-state index in [9.17, 15) is 14.7 Å². The number of likely N-dealkylation sites (tertiary alicyclic amines) is 1. The number of ether oxygens (including phenoxy) is 1. The Labute approximate surface area is 249 Å². The summed E-state index contributed by atoms with van der Waals surface area (Å²) in [5.74, 6) is 1.52. The van der Waals surface area contributed by atoms with Crippen molar-refractivity contribution in [2.24, 2.45) is 7.05 Å². The Morgan fingerprint density at radius 3 is 2.65 bits per heavy atom. The van der Waals surface area contributed by atoms with Gasteiger partial charge < -0.3 is 24.3 Å². The van der Waals surface area contributed by atoms with E-state index in [0.717, 1.165) is 38.8 Å². The predicted octanol–water partition coefficient (Wildman–Crippen LogP) is 3.11. The molecule has 0 radical (unpaired) electrons. The first-order valence-corrected chi connectivity index (χ1v) is 14.8. The van der Waals surface area contributed by atoms with Gasteiger partial charge in [-0.1, -0.05) is 0 Å². The quantitative estimate of drug-likeness (QED) is 0.342. The molecule has 2 aliphatic heterocycles. The van der Waals surface area contributed by atoms with Crippen molar-refractivity contribution in [1.29, 1.82) is 0 Å². The lowest BCUT2D eigenvalue weighted by atomic mass is 9.98. The Kier molecular flexibility index (Phi) is 6.98. The van der Waals surface area contributed by atoms with Gasteiger partial charge in [-0.2, -0.15) is 0 Å². The van der Waals surface area contributed by atoms with Crippen molar-refractivity contribution in [2.75, 3.05) is 36.9 Å². The summed E-state index contributed by atoms with van der Waals surface area (Å²) in [5.41, 5.74) is 5.29. The van der Waals surface area contributed by atoms with E-state index in [-0.39, 0.29) is 24.2 Å². The molecule has 11 nitrogen and oxygen atoms in total. The highest BCUT2D eigenvalue weighted by Crippen LogP contribution is 2.34. The Bertz CT molecular complexity index is 1750. The number of carbonyl (C=O) groups is 1. The summed E-state index contributed by atoms with van der Waals surface area (Å²) in [6.07, 6.45) is 9.50. The number of aryl methyl sites for hydroxylation is 2. The van der Waals surface area contributed by atoms with Crippen molar-refractivity contribution < 1.29 is 14.6 Å². The molecular formula is C32H35N7O4. The number of anilines is 3. The molecule has 2 N–H and O–H groups in total. The van der Waals surface area contributed by atoms with E-state index in [4.69, 9.17) is 4.74 Å². The molecule has 4 aromatic heterocycles. The molecule has 0 atom stereocenters. The van der Waals surface area contributed by atoms with E-state index < -0.39 is 0 Å². The Hall–Kier alpha value is -4.48. The maximum absolute atomic E-state index is 13.7. The molecule has 4 aromatic rings. The van der Waals surface area contributed by atoms with Crippen LogP contribution in [0.15, 0.2) is 53.7 Å². The third-order valence-corrected chi connectivity index (χ3v) is 8.69. The lowest BCUT2D eigenvalue weighted by Gasteiger charge is -2.35. The van der Waals surface area contributed by atoms with Crippen molar-refractivity contribution in [3.63, 3.8) is 0 Å². The van der Waals surface area contributed by atoms with Crippen molar-refractivity contribution in [3.05, 3.63) is 81.8 Å². The van der Waals surface area contributed by atoms with Crippen LogP contribution in [-0.4, -0.2) is 67.8 Å². The van der Waals surface area contributed by atoms with Crippen LogP contribution in [0.2, 0.25) is 0 Å². The Balaban J connectivity index is 1.18. The van der Waals surface area contributed by atoms with Crippen molar-refractivity contribution in [1.82, 2.24) is 24.0 Å². The molecule has 43 heavy (non-hydrogen) atoms. The van der Waals surface area contributed by atoms with Gasteiger partial charge >= 0.3 is 0 Å². The first kappa shape index (κ1) is 27.4. The second kappa shape index (κ2) is 11.0. The summed E-state index contributed by atoms with van der Waals surface area (Å²) in [5, 5.41) is 13.7. The maximum Gasteiger partial charge on any atom is 0.276 e. The molecule has 11 heteroatoms. The molecule has 1 aliphatic carbocycles. The first-order chi connectivity index (χ1) is 20.9. The molecule has 0 unspecified atom stereocenters. The monoisotopic (exact) mass is 581 g/mol. The van der Waals surface area contributed by atoms with Gasteiger partial charge in [-0.15, -0.1) is 0 Å². The summed E-state index contributed by atoms with van der Waals surface area (Å²) >= 11 is 0. The number of likely N-dealkylation sites (N-methyl/N-ethyl adjacent to an activating group) is 1. The zero-order chi connectivity index (χ0) is 29.7. The molecule has 0 spiro atoms. The van der Waals surface area contributed by atoms with Gasteiger partial charge in [0.15, 0.2) is 0 Å². The smallest absolute Gasteiger partial charge is 0.276 e. The number of nitrogens with zero attached hydrogens (tertiary/aromatic N) is 6. The fraction of sp³-hybridized carbons (Fsp3) is 0.375. The van der Waals surface area contributed by atoms with Crippen LogP contribution in [0.5, 0.6) is 5.75 Å². The average Bonchev–Trinajstić information content (AvgIpc) is 3.39. The van der Waals surface area contributed by atoms with E-state index in [1.54, 1.807) is 48.7 Å². The molecule has 1 fully saturated rings. The molecule has 3 aliphatic rings. The highest BCUT2D eigenvalue weighted by molar-refractivity contribution is 6.06. The van der Waals surface area contributed by atoms with Crippen LogP contribution >= 0.6 is 0 Å². The van der Waals surface area contributed by atoms with Gasteiger partial charge in [0.2, 0.25) is 0 Å². The van der Waals surface area contributed by atoms with Gasteiger partial charge in [-0.25, -0.2) is 9.97 Å². The lowest BCUT2D eigenvalue weighted by molar-refractivity contribution is 0.0386. The average molecular weight is 582 g/mol. The fourth-order valence-corrected chi connectivity index (χ4v) is 6.50. The van der Waals surface area contributed by atoms with E-state index in [1.807, 2.05) is 19.2 Å². The summed E-state index contributed by atoms with van der Waals surface area (Å²) in [6.45, 7) is 2.62. The standard InChI is InChI=1S/C32H35N7O4/c1-36-17-23(18-36)43-22-7-8-29(34-15-22)35-26-13-21(16-37(2)31(26)41)24-9-10-33-30(25(24)19-40)39-12-11-38-27-6-4-3-5-20(27)14-28(38)32(39)42/h7-10,13-16,23,40H,3-6,11-12,17-19H2,1-2H3,(H,34,35). The highest BCUT2D eigenvalue weighted by atomic mass is 16.5. The SMILES string of the molecule is CN1CC(Oc2ccc(Nc3cc(-c4ccnc(N5CCn6c(cc7c6CCCC7)C5=O)c4CO)cn(C)c3=O)nc2)C1.